The minimum absolute atomic E-state index is 0.120. The van der Waals surface area contributed by atoms with Crippen molar-refractivity contribution in [1.82, 2.24) is 10.7 Å². The predicted molar refractivity (Wildman–Crippen MR) is 137 cm³/mol. The number of hydrogen-bond donors (Lipinski definition) is 2. The summed E-state index contributed by atoms with van der Waals surface area (Å²) < 4.78 is 5.62. The fourth-order valence-corrected chi connectivity index (χ4v) is 3.34. The van der Waals surface area contributed by atoms with E-state index in [1.807, 2.05) is 30.3 Å². The van der Waals surface area contributed by atoms with Gasteiger partial charge in [-0.1, -0.05) is 55.8 Å². The van der Waals surface area contributed by atoms with E-state index in [0.29, 0.717) is 16.1 Å². The second-order valence-corrected chi connectivity index (χ2v) is 8.63. The van der Waals surface area contributed by atoms with Gasteiger partial charge in [0.15, 0.2) is 5.75 Å². The van der Waals surface area contributed by atoms with Gasteiger partial charge in [0, 0.05) is 22.2 Å². The highest BCUT2D eigenvalue weighted by Crippen LogP contribution is 2.28. The summed E-state index contributed by atoms with van der Waals surface area (Å²) in [5.74, 6) is -1.06. The number of hydrogen-bond acceptors (Lipinski definition) is 6. The van der Waals surface area contributed by atoms with Gasteiger partial charge < -0.3 is 10.1 Å². The van der Waals surface area contributed by atoms with Crippen molar-refractivity contribution in [1.29, 1.82) is 0 Å². The normalized spacial score (nSPS) is 11.8. The molecule has 3 aromatic rings. The molecule has 0 radical (unpaired) electrons. The predicted octanol–water partition coefficient (Wildman–Crippen LogP) is 4.73. The second kappa shape index (κ2) is 12.5. The molecule has 0 aliphatic rings. The minimum atomic E-state index is -0.853. The van der Waals surface area contributed by atoms with Crippen molar-refractivity contribution in [2.45, 2.75) is 26.5 Å². The number of nitro benzene ring substituents is 1. The third kappa shape index (κ3) is 7.38. The topological polar surface area (TPSA) is 123 Å². The molecule has 0 aromatic heterocycles. The van der Waals surface area contributed by atoms with E-state index >= 15 is 0 Å². The largest absolute Gasteiger partial charge is 0.482 e. The molecule has 0 heterocycles. The SMILES string of the molecule is CC(C)C(NC(=O)c1ccc(Cl)cc1)C(=O)N/N=C\c1ccc(OCc2ccccc2)c([N+](=O)[O-])c1. The van der Waals surface area contributed by atoms with Crippen LogP contribution in [0.2, 0.25) is 5.02 Å². The molecule has 186 valence electrons. The van der Waals surface area contributed by atoms with Crippen LogP contribution in [0.15, 0.2) is 77.9 Å². The molecule has 0 aliphatic carbocycles. The van der Waals surface area contributed by atoms with Crippen LogP contribution in [0.25, 0.3) is 0 Å². The van der Waals surface area contributed by atoms with E-state index in [0.717, 1.165) is 5.56 Å². The molecule has 10 heteroatoms. The monoisotopic (exact) mass is 508 g/mol. The lowest BCUT2D eigenvalue weighted by molar-refractivity contribution is -0.385. The fraction of sp³-hybridized carbons (Fsp3) is 0.192. The van der Waals surface area contributed by atoms with E-state index in [1.54, 1.807) is 44.2 Å². The summed E-state index contributed by atoms with van der Waals surface area (Å²) in [6, 6.07) is 19.1. The summed E-state index contributed by atoms with van der Waals surface area (Å²) in [6.07, 6.45) is 1.28. The van der Waals surface area contributed by atoms with Crippen LogP contribution in [0.4, 0.5) is 5.69 Å². The molecule has 0 bridgehead atoms. The number of carbonyl (C=O) groups excluding carboxylic acids is 2. The van der Waals surface area contributed by atoms with Gasteiger partial charge in [-0.15, -0.1) is 0 Å². The van der Waals surface area contributed by atoms with Gasteiger partial charge >= 0.3 is 5.69 Å². The van der Waals surface area contributed by atoms with E-state index in [1.165, 1.54) is 18.3 Å². The van der Waals surface area contributed by atoms with Gasteiger partial charge in [0.1, 0.15) is 12.6 Å². The number of ether oxygens (including phenoxy) is 1. The number of benzene rings is 3. The van der Waals surface area contributed by atoms with Crippen LogP contribution in [0, 0.1) is 16.0 Å². The summed E-state index contributed by atoms with van der Waals surface area (Å²) in [7, 11) is 0. The standard InChI is InChI=1S/C26H25ClN4O5/c1-17(2)24(29-25(32)20-9-11-21(27)12-10-20)26(33)30-28-15-19-8-13-23(22(14-19)31(34)35)36-16-18-6-4-3-5-7-18/h3-15,17,24H,16H2,1-2H3,(H,29,32)(H,30,33)/b28-15-. The first kappa shape index (κ1) is 26.4. The highest BCUT2D eigenvalue weighted by Gasteiger charge is 2.24. The number of carbonyl (C=O) groups is 2. The van der Waals surface area contributed by atoms with E-state index in [2.05, 4.69) is 15.8 Å². The Kier molecular flexibility index (Phi) is 9.13. The van der Waals surface area contributed by atoms with Gasteiger partial charge in [-0.3, -0.25) is 19.7 Å². The van der Waals surface area contributed by atoms with Crippen LogP contribution < -0.4 is 15.5 Å². The summed E-state index contributed by atoms with van der Waals surface area (Å²) in [5, 5.41) is 18.6. The average Bonchev–Trinajstić information content (AvgIpc) is 2.87. The van der Waals surface area contributed by atoms with E-state index in [9.17, 15) is 19.7 Å². The van der Waals surface area contributed by atoms with Crippen molar-refractivity contribution >= 4 is 35.3 Å². The van der Waals surface area contributed by atoms with E-state index in [-0.39, 0.29) is 24.0 Å². The van der Waals surface area contributed by atoms with Crippen LogP contribution in [-0.2, 0) is 11.4 Å². The fourth-order valence-electron chi connectivity index (χ4n) is 3.22. The third-order valence-corrected chi connectivity index (χ3v) is 5.40. The number of amides is 2. The summed E-state index contributed by atoms with van der Waals surface area (Å²) in [6.45, 7) is 3.75. The Morgan fingerprint density at radius 3 is 2.42 bits per heavy atom. The Balaban J connectivity index is 1.64. The molecule has 2 amide bonds. The maximum Gasteiger partial charge on any atom is 0.311 e. The van der Waals surface area contributed by atoms with Crippen LogP contribution in [0.5, 0.6) is 5.75 Å². The molecule has 0 fully saturated rings. The molecule has 0 spiro atoms. The molecular weight excluding hydrogens is 484 g/mol. The molecule has 0 saturated carbocycles. The Hall–Kier alpha value is -4.24. The quantitative estimate of drug-likeness (QED) is 0.233. The van der Waals surface area contributed by atoms with Crippen LogP contribution in [0.3, 0.4) is 0 Å². The maximum atomic E-state index is 12.7. The molecule has 0 aliphatic heterocycles. The lowest BCUT2D eigenvalue weighted by Gasteiger charge is -2.20. The number of nitrogens with one attached hydrogen (secondary N) is 2. The summed E-state index contributed by atoms with van der Waals surface area (Å²) >= 11 is 5.85. The third-order valence-electron chi connectivity index (χ3n) is 5.15. The van der Waals surface area contributed by atoms with E-state index in [4.69, 9.17) is 16.3 Å². The first-order valence-corrected chi connectivity index (χ1v) is 11.5. The maximum absolute atomic E-state index is 12.7. The number of rotatable bonds is 10. The van der Waals surface area contributed by atoms with Crippen LogP contribution in [-0.4, -0.2) is 29.0 Å². The first-order valence-electron chi connectivity index (χ1n) is 11.1. The molecule has 1 unspecified atom stereocenters. The molecule has 36 heavy (non-hydrogen) atoms. The Morgan fingerprint density at radius 1 is 1.08 bits per heavy atom. The van der Waals surface area contributed by atoms with Crippen LogP contribution in [0.1, 0.15) is 35.3 Å². The smallest absolute Gasteiger partial charge is 0.311 e. The lowest BCUT2D eigenvalue weighted by atomic mass is 10.0. The summed E-state index contributed by atoms with van der Waals surface area (Å²) in [4.78, 5) is 36.1. The lowest BCUT2D eigenvalue weighted by Crippen LogP contribution is -2.48. The van der Waals surface area contributed by atoms with Crippen molar-refractivity contribution < 1.29 is 19.2 Å². The Bertz CT molecular complexity index is 1250. The van der Waals surface area contributed by atoms with Gasteiger partial charge in [-0.25, -0.2) is 5.43 Å². The summed E-state index contributed by atoms with van der Waals surface area (Å²) in [5.41, 5.74) is 3.79. The molecule has 3 aromatic carbocycles. The zero-order valence-corrected chi connectivity index (χ0v) is 20.4. The number of nitro groups is 1. The average molecular weight is 509 g/mol. The van der Waals surface area contributed by atoms with E-state index < -0.39 is 22.8 Å². The number of halogens is 1. The molecule has 1 atom stereocenters. The highest BCUT2D eigenvalue weighted by molar-refractivity contribution is 6.30. The Morgan fingerprint density at radius 2 is 1.78 bits per heavy atom. The second-order valence-electron chi connectivity index (χ2n) is 8.19. The van der Waals surface area contributed by atoms with Crippen molar-refractivity contribution in [2.24, 2.45) is 11.0 Å². The Labute approximate surface area is 213 Å². The number of hydrazone groups is 1. The highest BCUT2D eigenvalue weighted by atomic mass is 35.5. The number of nitrogens with zero attached hydrogens (tertiary/aromatic N) is 2. The molecule has 2 N–H and O–H groups in total. The van der Waals surface area contributed by atoms with Crippen molar-refractivity contribution in [2.75, 3.05) is 0 Å². The zero-order valence-electron chi connectivity index (χ0n) is 19.7. The molecule has 0 saturated heterocycles. The van der Waals surface area contributed by atoms with Gasteiger partial charge in [0.2, 0.25) is 0 Å². The van der Waals surface area contributed by atoms with Crippen molar-refractivity contribution in [3.8, 4) is 5.75 Å². The first-order chi connectivity index (χ1) is 17.2. The molecule has 9 nitrogen and oxygen atoms in total. The zero-order chi connectivity index (χ0) is 26.1. The van der Waals surface area contributed by atoms with Gasteiger partial charge in [-0.2, -0.15) is 5.10 Å². The minimum Gasteiger partial charge on any atom is -0.482 e. The van der Waals surface area contributed by atoms with Crippen molar-refractivity contribution in [3.63, 3.8) is 0 Å². The van der Waals surface area contributed by atoms with Crippen molar-refractivity contribution in [3.05, 3.63) is 105 Å². The van der Waals surface area contributed by atoms with Gasteiger partial charge in [0.05, 0.1) is 11.1 Å². The van der Waals surface area contributed by atoms with Gasteiger partial charge in [-0.05, 0) is 47.9 Å². The molecule has 3 rings (SSSR count). The molecular formula is C26H25ClN4O5. The van der Waals surface area contributed by atoms with Gasteiger partial charge in [0.25, 0.3) is 11.8 Å². The van der Waals surface area contributed by atoms with Crippen LogP contribution >= 0.6 is 11.6 Å².